The van der Waals surface area contributed by atoms with Gasteiger partial charge in [0.25, 0.3) is 0 Å². The molecule has 128 valence electrons. The molecule has 0 bridgehead atoms. The Morgan fingerprint density at radius 1 is 1.25 bits per heavy atom. The number of hydrogen-bond acceptors (Lipinski definition) is 2. The molecule has 2 aromatic rings. The van der Waals surface area contributed by atoms with Gasteiger partial charge in [0.1, 0.15) is 0 Å². The van der Waals surface area contributed by atoms with Crippen LogP contribution < -0.4 is 5.32 Å². The van der Waals surface area contributed by atoms with Gasteiger partial charge in [0, 0.05) is 42.7 Å². The van der Waals surface area contributed by atoms with Crippen LogP contribution in [0.25, 0.3) is 10.9 Å². The van der Waals surface area contributed by atoms with Crippen LogP contribution in [0.5, 0.6) is 0 Å². The number of rotatable bonds is 5. The Balaban J connectivity index is 1.50. The zero-order chi connectivity index (χ0) is 16.9. The van der Waals surface area contributed by atoms with Gasteiger partial charge < -0.3 is 15.2 Å². The minimum absolute atomic E-state index is 0.0538. The van der Waals surface area contributed by atoms with Crippen LogP contribution in [-0.4, -0.2) is 40.8 Å². The van der Waals surface area contributed by atoms with Crippen molar-refractivity contribution in [3.05, 3.63) is 36.0 Å². The smallest absolute Gasteiger partial charge is 0.224 e. The van der Waals surface area contributed by atoms with Crippen LogP contribution in [0.3, 0.4) is 0 Å². The summed E-state index contributed by atoms with van der Waals surface area (Å²) in [6.45, 7) is 3.52. The van der Waals surface area contributed by atoms with E-state index >= 15 is 0 Å². The second-order valence-corrected chi connectivity index (χ2v) is 6.51. The molecule has 0 aliphatic carbocycles. The van der Waals surface area contributed by atoms with E-state index in [9.17, 15) is 9.59 Å². The average molecular weight is 327 g/mol. The van der Waals surface area contributed by atoms with Gasteiger partial charge in [-0.25, -0.2) is 0 Å². The fourth-order valence-corrected chi connectivity index (χ4v) is 3.37. The summed E-state index contributed by atoms with van der Waals surface area (Å²) in [7, 11) is 0. The largest absolute Gasteiger partial charge is 0.361 e. The maximum absolute atomic E-state index is 12.3. The zero-order valence-electron chi connectivity index (χ0n) is 14.2. The van der Waals surface area contributed by atoms with Crippen molar-refractivity contribution in [2.24, 2.45) is 0 Å². The Morgan fingerprint density at radius 2 is 2.00 bits per heavy atom. The fourth-order valence-electron chi connectivity index (χ4n) is 3.37. The highest BCUT2D eigenvalue weighted by molar-refractivity contribution is 5.88. The molecular weight excluding hydrogens is 302 g/mol. The first-order valence-electron chi connectivity index (χ1n) is 8.79. The number of aromatic nitrogens is 1. The third-order valence-corrected chi connectivity index (χ3v) is 4.70. The summed E-state index contributed by atoms with van der Waals surface area (Å²) in [5.41, 5.74) is 2.08. The molecule has 3 rings (SSSR count). The molecule has 24 heavy (non-hydrogen) atoms. The first-order chi connectivity index (χ1) is 11.7. The zero-order valence-corrected chi connectivity index (χ0v) is 14.2. The van der Waals surface area contributed by atoms with Crippen molar-refractivity contribution in [3.63, 3.8) is 0 Å². The summed E-state index contributed by atoms with van der Waals surface area (Å²) in [5, 5.41) is 4.23. The predicted molar refractivity (Wildman–Crippen MR) is 94.7 cm³/mol. The lowest BCUT2D eigenvalue weighted by atomic mass is 10.0. The van der Waals surface area contributed by atoms with Crippen LogP contribution in [0.4, 0.5) is 0 Å². The molecule has 1 aliphatic rings. The van der Waals surface area contributed by atoms with E-state index in [1.807, 2.05) is 42.3 Å². The minimum Gasteiger partial charge on any atom is -0.361 e. The van der Waals surface area contributed by atoms with Crippen molar-refractivity contribution < 1.29 is 9.59 Å². The van der Waals surface area contributed by atoms with Crippen LogP contribution in [0.2, 0.25) is 0 Å². The van der Waals surface area contributed by atoms with Gasteiger partial charge in [0.05, 0.1) is 6.42 Å². The Morgan fingerprint density at radius 3 is 2.75 bits per heavy atom. The third kappa shape index (κ3) is 3.78. The van der Waals surface area contributed by atoms with Crippen LogP contribution >= 0.6 is 0 Å². The number of carbonyl (C=O) groups excluding carboxylic acids is 2. The van der Waals surface area contributed by atoms with Crippen molar-refractivity contribution in [1.29, 1.82) is 0 Å². The van der Waals surface area contributed by atoms with E-state index < -0.39 is 0 Å². The van der Waals surface area contributed by atoms with Crippen molar-refractivity contribution in [3.8, 4) is 0 Å². The van der Waals surface area contributed by atoms with Gasteiger partial charge in [0.2, 0.25) is 11.8 Å². The average Bonchev–Trinajstić information content (AvgIpc) is 2.99. The molecule has 1 aromatic carbocycles. The normalized spacial score (nSPS) is 15.6. The summed E-state index contributed by atoms with van der Waals surface area (Å²) < 4.78 is 0. The van der Waals surface area contributed by atoms with E-state index in [4.69, 9.17) is 0 Å². The predicted octanol–water partition coefficient (Wildman–Crippen LogP) is 2.62. The lowest BCUT2D eigenvalue weighted by Crippen LogP contribution is -2.46. The fraction of sp³-hybridized carbons (Fsp3) is 0.474. The topological polar surface area (TPSA) is 65.2 Å². The number of para-hydroxylation sites is 1. The van der Waals surface area contributed by atoms with Gasteiger partial charge in [0.15, 0.2) is 0 Å². The van der Waals surface area contributed by atoms with Crippen molar-refractivity contribution in [2.75, 3.05) is 13.1 Å². The van der Waals surface area contributed by atoms with Gasteiger partial charge >= 0.3 is 0 Å². The van der Waals surface area contributed by atoms with E-state index in [-0.39, 0.29) is 17.9 Å². The van der Waals surface area contributed by atoms with Crippen LogP contribution in [-0.2, 0) is 16.0 Å². The summed E-state index contributed by atoms with van der Waals surface area (Å²) >= 11 is 0. The first-order valence-corrected chi connectivity index (χ1v) is 8.79. The molecular formula is C19H25N3O2. The molecule has 0 radical (unpaired) electrons. The number of likely N-dealkylation sites (tertiary alicyclic amines) is 1. The highest BCUT2D eigenvalue weighted by atomic mass is 16.2. The van der Waals surface area contributed by atoms with Gasteiger partial charge in [-0.3, -0.25) is 9.59 Å². The number of nitrogens with zero attached hydrogens (tertiary/aromatic N) is 1. The van der Waals surface area contributed by atoms with E-state index in [0.29, 0.717) is 12.8 Å². The molecule has 0 atom stereocenters. The number of piperidine rings is 1. The Bertz CT molecular complexity index is 714. The van der Waals surface area contributed by atoms with Crippen molar-refractivity contribution >= 4 is 22.7 Å². The molecule has 0 spiro atoms. The van der Waals surface area contributed by atoms with E-state index in [2.05, 4.69) is 10.3 Å². The monoisotopic (exact) mass is 327 g/mol. The Kier molecular flexibility index (Phi) is 5.18. The van der Waals surface area contributed by atoms with E-state index in [0.717, 1.165) is 48.8 Å². The van der Waals surface area contributed by atoms with Crippen LogP contribution in [0.1, 0.15) is 38.2 Å². The van der Waals surface area contributed by atoms with E-state index in [1.54, 1.807) is 0 Å². The summed E-state index contributed by atoms with van der Waals surface area (Å²) in [5.74, 6) is 0.291. The molecule has 0 saturated carbocycles. The maximum atomic E-state index is 12.3. The lowest BCUT2D eigenvalue weighted by molar-refractivity contribution is -0.132. The first kappa shape index (κ1) is 16.6. The molecule has 0 unspecified atom stereocenters. The SMILES string of the molecule is CCCC(=O)N1CCC(NC(=O)Cc2c[nH]c3ccccc23)CC1. The molecule has 5 heteroatoms. The molecule has 1 aliphatic heterocycles. The minimum atomic E-state index is 0.0538. The molecule has 1 fully saturated rings. The molecule has 1 saturated heterocycles. The van der Waals surface area contributed by atoms with Crippen molar-refractivity contribution in [2.45, 2.75) is 45.1 Å². The molecule has 2 heterocycles. The number of amides is 2. The summed E-state index contributed by atoms with van der Waals surface area (Å²) in [6, 6.07) is 8.19. The van der Waals surface area contributed by atoms with Gasteiger partial charge in [-0.1, -0.05) is 25.1 Å². The number of carbonyl (C=O) groups is 2. The van der Waals surface area contributed by atoms with Crippen molar-refractivity contribution in [1.82, 2.24) is 15.2 Å². The van der Waals surface area contributed by atoms with E-state index in [1.165, 1.54) is 0 Å². The highest BCUT2D eigenvalue weighted by Crippen LogP contribution is 2.18. The Hall–Kier alpha value is -2.30. The molecule has 1 aromatic heterocycles. The molecule has 2 N–H and O–H groups in total. The number of aromatic amines is 1. The third-order valence-electron chi connectivity index (χ3n) is 4.70. The van der Waals surface area contributed by atoms with Crippen LogP contribution in [0, 0.1) is 0 Å². The number of nitrogens with one attached hydrogen (secondary N) is 2. The molecule has 5 nitrogen and oxygen atoms in total. The van der Waals surface area contributed by atoms with Gasteiger partial charge in [-0.15, -0.1) is 0 Å². The second kappa shape index (κ2) is 7.51. The highest BCUT2D eigenvalue weighted by Gasteiger charge is 2.23. The number of benzene rings is 1. The van der Waals surface area contributed by atoms with Crippen LogP contribution in [0.15, 0.2) is 30.5 Å². The summed E-state index contributed by atoms with van der Waals surface area (Å²) in [4.78, 5) is 29.4. The van der Waals surface area contributed by atoms with Gasteiger partial charge in [-0.05, 0) is 30.9 Å². The Labute approximate surface area is 142 Å². The standard InChI is InChI=1S/C19H25N3O2/c1-2-5-19(24)22-10-8-15(9-11-22)21-18(23)12-14-13-20-17-7-4-3-6-16(14)17/h3-4,6-7,13,15,20H,2,5,8-12H2,1H3,(H,21,23). The number of hydrogen-bond donors (Lipinski definition) is 2. The number of fused-ring (bicyclic) bond motifs is 1. The number of H-pyrrole nitrogens is 1. The molecule has 2 amide bonds. The summed E-state index contributed by atoms with van der Waals surface area (Å²) in [6.07, 6.45) is 5.50. The lowest BCUT2D eigenvalue weighted by Gasteiger charge is -2.32. The quantitative estimate of drug-likeness (QED) is 0.886. The maximum Gasteiger partial charge on any atom is 0.224 e. The van der Waals surface area contributed by atoms with Gasteiger partial charge in [-0.2, -0.15) is 0 Å². The second-order valence-electron chi connectivity index (χ2n) is 6.51.